The highest BCUT2D eigenvalue weighted by Crippen LogP contribution is 2.31. The summed E-state index contributed by atoms with van der Waals surface area (Å²) in [5.41, 5.74) is -0.607. The maximum absolute atomic E-state index is 12.6. The number of rotatable bonds is 3. The molecule has 2 atom stereocenters. The lowest BCUT2D eigenvalue weighted by atomic mass is 9.85. The molecule has 1 rings (SSSR count). The van der Waals surface area contributed by atoms with E-state index in [1.807, 2.05) is 27.7 Å². The Balaban J connectivity index is 2.84. The van der Waals surface area contributed by atoms with Crippen LogP contribution in [0.5, 0.6) is 0 Å². The van der Waals surface area contributed by atoms with Crippen LogP contribution in [-0.4, -0.2) is 41.8 Å². The second-order valence-electron chi connectivity index (χ2n) is 5.59. The van der Waals surface area contributed by atoms with Crippen molar-refractivity contribution >= 4 is 0 Å². The summed E-state index contributed by atoms with van der Waals surface area (Å²) in [7, 11) is 0. The van der Waals surface area contributed by atoms with Gasteiger partial charge < -0.3 is 5.32 Å². The first-order valence-corrected chi connectivity index (χ1v) is 6.21. The Bertz CT molecular complexity index is 267. The molecule has 0 bridgehead atoms. The summed E-state index contributed by atoms with van der Waals surface area (Å²) in [5, 5.41) is 3.39. The molecule has 1 fully saturated rings. The lowest BCUT2D eigenvalue weighted by Gasteiger charge is -2.52. The summed E-state index contributed by atoms with van der Waals surface area (Å²) in [6.07, 6.45) is -2.57. The molecular formula is C12H23F3N2. The number of hydrogen-bond donors (Lipinski definition) is 1. The predicted octanol–water partition coefficient (Wildman–Crippen LogP) is 2.79. The number of hydrogen-bond acceptors (Lipinski definition) is 2. The molecular weight excluding hydrogens is 229 g/mol. The normalized spacial score (nSPS) is 36.2. The van der Waals surface area contributed by atoms with Gasteiger partial charge in [-0.2, -0.15) is 13.2 Å². The van der Waals surface area contributed by atoms with E-state index in [9.17, 15) is 13.2 Å². The highest BCUT2D eigenvalue weighted by molar-refractivity contribution is 5.01. The van der Waals surface area contributed by atoms with Crippen LogP contribution in [-0.2, 0) is 0 Å². The van der Waals surface area contributed by atoms with E-state index >= 15 is 0 Å². The van der Waals surface area contributed by atoms with E-state index in [4.69, 9.17) is 0 Å². The zero-order valence-corrected chi connectivity index (χ0v) is 11.1. The largest absolute Gasteiger partial charge is 0.401 e. The van der Waals surface area contributed by atoms with Gasteiger partial charge in [0.15, 0.2) is 0 Å². The Hall–Kier alpha value is -0.290. The fraction of sp³-hybridized carbons (Fsp3) is 1.00. The Kier molecular flexibility index (Phi) is 4.14. The second-order valence-corrected chi connectivity index (χ2v) is 5.59. The highest BCUT2D eigenvalue weighted by atomic mass is 19.4. The number of alkyl halides is 3. The van der Waals surface area contributed by atoms with Gasteiger partial charge in [-0.3, -0.25) is 4.90 Å². The fourth-order valence-electron chi connectivity index (χ4n) is 2.23. The van der Waals surface area contributed by atoms with Crippen LogP contribution >= 0.6 is 0 Å². The Morgan fingerprint density at radius 3 is 2.18 bits per heavy atom. The van der Waals surface area contributed by atoms with Gasteiger partial charge in [-0.15, -0.1) is 0 Å². The van der Waals surface area contributed by atoms with Crippen LogP contribution in [0.3, 0.4) is 0 Å². The number of nitrogens with zero attached hydrogens (tertiary/aromatic N) is 1. The molecule has 0 aromatic rings. The molecule has 1 N–H and O–H groups in total. The van der Waals surface area contributed by atoms with Crippen molar-refractivity contribution in [2.24, 2.45) is 0 Å². The van der Waals surface area contributed by atoms with E-state index in [0.717, 1.165) is 12.8 Å². The smallest absolute Gasteiger partial charge is 0.308 e. The maximum atomic E-state index is 12.6. The summed E-state index contributed by atoms with van der Waals surface area (Å²) >= 11 is 0. The minimum atomic E-state index is -4.12. The Morgan fingerprint density at radius 2 is 1.76 bits per heavy atom. The van der Waals surface area contributed by atoms with Crippen LogP contribution in [0.1, 0.15) is 40.5 Å². The molecule has 5 heteroatoms. The van der Waals surface area contributed by atoms with Gasteiger partial charge >= 0.3 is 6.18 Å². The maximum Gasteiger partial charge on any atom is 0.401 e. The minimum absolute atomic E-state index is 0.208. The third kappa shape index (κ3) is 3.58. The lowest BCUT2D eigenvalue weighted by molar-refractivity contribution is -0.166. The standard InChI is InChI=1S/C12H23F3N2/c1-5-10(3)8-17(9-12(13,14)15)11(4,6-2)7-16-10/h16H,5-9H2,1-4H3. The third-order valence-corrected chi connectivity index (χ3v) is 4.11. The van der Waals surface area contributed by atoms with E-state index < -0.39 is 18.3 Å². The monoisotopic (exact) mass is 252 g/mol. The number of halogens is 3. The van der Waals surface area contributed by atoms with Gasteiger partial charge in [0.05, 0.1) is 6.54 Å². The van der Waals surface area contributed by atoms with Gasteiger partial charge in [-0.25, -0.2) is 0 Å². The number of piperazine rings is 1. The predicted molar refractivity (Wildman–Crippen MR) is 63.0 cm³/mol. The van der Waals surface area contributed by atoms with Gasteiger partial charge in [0.25, 0.3) is 0 Å². The van der Waals surface area contributed by atoms with E-state index in [1.54, 1.807) is 4.90 Å². The molecule has 0 saturated carbocycles. The van der Waals surface area contributed by atoms with E-state index in [2.05, 4.69) is 5.32 Å². The van der Waals surface area contributed by atoms with Crippen LogP contribution < -0.4 is 5.32 Å². The first kappa shape index (κ1) is 14.8. The molecule has 0 aromatic heterocycles. The molecule has 1 saturated heterocycles. The molecule has 1 aliphatic rings. The summed E-state index contributed by atoms with van der Waals surface area (Å²) in [6.45, 7) is 8.10. The molecule has 0 amide bonds. The lowest BCUT2D eigenvalue weighted by Crippen LogP contribution is -2.68. The molecule has 2 unspecified atom stereocenters. The molecule has 0 aliphatic carbocycles. The quantitative estimate of drug-likeness (QED) is 0.831. The molecule has 0 radical (unpaired) electrons. The van der Waals surface area contributed by atoms with Crippen molar-refractivity contribution in [3.63, 3.8) is 0 Å². The van der Waals surface area contributed by atoms with Crippen molar-refractivity contribution in [3.05, 3.63) is 0 Å². The Morgan fingerprint density at radius 1 is 1.18 bits per heavy atom. The van der Waals surface area contributed by atoms with Crippen LogP contribution in [0.25, 0.3) is 0 Å². The molecule has 0 aromatic carbocycles. The van der Waals surface area contributed by atoms with Crippen molar-refractivity contribution in [3.8, 4) is 0 Å². The SMILES string of the molecule is CCC1(C)CN(CC(F)(F)F)C(C)(CC)CN1. The summed E-state index contributed by atoms with van der Waals surface area (Å²) in [4.78, 5) is 1.59. The van der Waals surface area contributed by atoms with Crippen molar-refractivity contribution in [2.45, 2.75) is 57.8 Å². The molecule has 0 spiro atoms. The molecule has 2 nitrogen and oxygen atoms in total. The fourth-order valence-corrected chi connectivity index (χ4v) is 2.23. The van der Waals surface area contributed by atoms with Gasteiger partial charge in [0.1, 0.15) is 0 Å². The summed E-state index contributed by atoms with van der Waals surface area (Å²) in [6, 6.07) is 0. The van der Waals surface area contributed by atoms with Crippen LogP contribution in [0, 0.1) is 0 Å². The van der Waals surface area contributed by atoms with Crippen LogP contribution in [0.15, 0.2) is 0 Å². The van der Waals surface area contributed by atoms with Crippen LogP contribution in [0.2, 0.25) is 0 Å². The highest BCUT2D eigenvalue weighted by Gasteiger charge is 2.45. The zero-order chi connectivity index (χ0) is 13.3. The van der Waals surface area contributed by atoms with E-state index in [1.165, 1.54) is 0 Å². The zero-order valence-electron chi connectivity index (χ0n) is 11.1. The van der Waals surface area contributed by atoms with Gasteiger partial charge in [0.2, 0.25) is 0 Å². The first-order valence-electron chi connectivity index (χ1n) is 6.21. The summed E-state index contributed by atoms with van der Waals surface area (Å²) in [5.74, 6) is 0. The van der Waals surface area contributed by atoms with Crippen molar-refractivity contribution in [1.29, 1.82) is 0 Å². The average Bonchev–Trinajstić information content (AvgIpc) is 2.22. The summed E-state index contributed by atoms with van der Waals surface area (Å²) < 4.78 is 37.8. The average molecular weight is 252 g/mol. The second kappa shape index (κ2) is 4.76. The van der Waals surface area contributed by atoms with Gasteiger partial charge in [0, 0.05) is 24.2 Å². The molecule has 17 heavy (non-hydrogen) atoms. The molecule has 1 heterocycles. The van der Waals surface area contributed by atoms with Gasteiger partial charge in [-0.05, 0) is 26.7 Å². The topological polar surface area (TPSA) is 15.3 Å². The molecule has 102 valence electrons. The van der Waals surface area contributed by atoms with Crippen molar-refractivity contribution in [2.75, 3.05) is 19.6 Å². The number of nitrogens with one attached hydrogen (secondary N) is 1. The molecule has 1 aliphatic heterocycles. The van der Waals surface area contributed by atoms with Crippen LogP contribution in [0.4, 0.5) is 13.2 Å². The van der Waals surface area contributed by atoms with Gasteiger partial charge in [-0.1, -0.05) is 13.8 Å². The van der Waals surface area contributed by atoms with E-state index in [-0.39, 0.29) is 5.54 Å². The van der Waals surface area contributed by atoms with E-state index in [0.29, 0.717) is 13.1 Å². The Labute approximate surface area is 102 Å². The van der Waals surface area contributed by atoms with Crippen molar-refractivity contribution < 1.29 is 13.2 Å². The first-order chi connectivity index (χ1) is 7.64. The minimum Gasteiger partial charge on any atom is -0.308 e. The third-order valence-electron chi connectivity index (χ3n) is 4.11. The van der Waals surface area contributed by atoms with Crippen molar-refractivity contribution in [1.82, 2.24) is 10.2 Å².